The fourth-order valence-corrected chi connectivity index (χ4v) is 4.77. The third kappa shape index (κ3) is 5.09. The van der Waals surface area contributed by atoms with Crippen LogP contribution in [0.2, 0.25) is 0 Å². The van der Waals surface area contributed by atoms with Gasteiger partial charge in [0.05, 0.1) is 65.1 Å². The quantitative estimate of drug-likeness (QED) is 0.346. The summed E-state index contributed by atoms with van der Waals surface area (Å²) in [5, 5.41) is 4.43. The fraction of sp³-hybridized carbons (Fsp3) is 0.233. The van der Waals surface area contributed by atoms with E-state index in [2.05, 4.69) is 81.3 Å². The number of ether oxygens (including phenoxy) is 1. The van der Waals surface area contributed by atoms with Crippen LogP contribution in [0.5, 0.6) is 0 Å². The van der Waals surface area contributed by atoms with Gasteiger partial charge in [-0.25, -0.2) is 4.98 Å². The highest BCUT2D eigenvalue weighted by atomic mass is 16.5. The first kappa shape index (κ1) is 23.3. The van der Waals surface area contributed by atoms with Gasteiger partial charge in [0.1, 0.15) is 0 Å². The molecule has 186 valence electrons. The molecular weight excluding hydrogens is 460 g/mol. The maximum absolute atomic E-state index is 5.50. The lowest BCUT2D eigenvalue weighted by Gasteiger charge is -2.25. The van der Waals surface area contributed by atoms with Crippen LogP contribution >= 0.6 is 0 Å². The van der Waals surface area contributed by atoms with E-state index in [9.17, 15) is 0 Å². The van der Waals surface area contributed by atoms with Crippen LogP contribution < -0.4 is 10.7 Å². The molecule has 2 aliphatic heterocycles. The summed E-state index contributed by atoms with van der Waals surface area (Å²) in [6.07, 6.45) is 3.60. The largest absolute Gasteiger partial charge is 0.379 e. The number of rotatable bonds is 6. The number of hydrogen-bond acceptors (Lipinski definition) is 6. The van der Waals surface area contributed by atoms with Crippen LogP contribution in [0.4, 0.5) is 11.4 Å². The first-order valence-electron chi connectivity index (χ1n) is 12.7. The highest BCUT2D eigenvalue weighted by Crippen LogP contribution is 2.30. The predicted octanol–water partition coefficient (Wildman–Crippen LogP) is 4.81. The summed E-state index contributed by atoms with van der Waals surface area (Å²) in [4.78, 5) is 16.8. The standard InChI is InChI=1S/C30H30N6O/c1-22-8-10-24(11-9-22)36-29-7-3-2-6-25(29)34-28-19-27(33-23-5-4-12-31-21-23)26(20-30(28)36)32-13-14-35-15-17-37-18-16-35/h2-12,19-21,33H,13-18H2,1H3. The van der Waals surface area contributed by atoms with Crippen molar-refractivity contribution in [2.45, 2.75) is 6.92 Å². The summed E-state index contributed by atoms with van der Waals surface area (Å²) in [6, 6.07) is 25.1. The Hall–Kier alpha value is -4.07. The van der Waals surface area contributed by atoms with Crippen molar-refractivity contribution in [2.75, 3.05) is 44.7 Å². The van der Waals surface area contributed by atoms with Gasteiger partial charge in [-0.05, 0) is 55.5 Å². The second kappa shape index (κ2) is 10.5. The van der Waals surface area contributed by atoms with Crippen molar-refractivity contribution in [3.63, 3.8) is 0 Å². The Morgan fingerprint density at radius 3 is 2.62 bits per heavy atom. The summed E-state index contributed by atoms with van der Waals surface area (Å²) in [5.41, 5.74) is 8.09. The number of para-hydroxylation sites is 2. The molecule has 2 aromatic carbocycles. The lowest BCUT2D eigenvalue weighted by atomic mass is 10.1. The van der Waals surface area contributed by atoms with Gasteiger partial charge < -0.3 is 14.6 Å². The zero-order chi connectivity index (χ0) is 25.0. The molecule has 0 spiro atoms. The second-order valence-electron chi connectivity index (χ2n) is 9.33. The molecule has 0 saturated carbocycles. The summed E-state index contributed by atoms with van der Waals surface area (Å²) >= 11 is 0. The Kier molecular flexibility index (Phi) is 6.62. The third-order valence-corrected chi connectivity index (χ3v) is 6.73. The van der Waals surface area contributed by atoms with Crippen molar-refractivity contribution in [3.8, 4) is 17.1 Å². The Morgan fingerprint density at radius 2 is 1.81 bits per heavy atom. The molecule has 37 heavy (non-hydrogen) atoms. The fourth-order valence-electron chi connectivity index (χ4n) is 4.77. The molecule has 7 heteroatoms. The topological polar surface area (TPSA) is 67.6 Å². The summed E-state index contributed by atoms with van der Waals surface area (Å²) in [7, 11) is 0. The molecule has 3 aromatic rings. The zero-order valence-corrected chi connectivity index (χ0v) is 21.0. The maximum atomic E-state index is 5.50. The summed E-state index contributed by atoms with van der Waals surface area (Å²) < 4.78 is 7.78. The Labute approximate surface area is 216 Å². The van der Waals surface area contributed by atoms with E-state index in [0.717, 1.165) is 77.7 Å². The smallest absolute Gasteiger partial charge is 0.0900 e. The van der Waals surface area contributed by atoms with E-state index in [1.54, 1.807) is 6.20 Å². The van der Waals surface area contributed by atoms with Crippen LogP contribution in [0.1, 0.15) is 5.56 Å². The molecule has 3 heterocycles. The molecule has 0 unspecified atom stereocenters. The third-order valence-electron chi connectivity index (χ3n) is 6.73. The highest BCUT2D eigenvalue weighted by molar-refractivity contribution is 5.84. The lowest BCUT2D eigenvalue weighted by Crippen LogP contribution is -2.38. The normalized spacial score (nSPS) is 14.9. The van der Waals surface area contributed by atoms with E-state index in [1.807, 2.05) is 24.4 Å². The predicted molar refractivity (Wildman–Crippen MR) is 148 cm³/mol. The average molecular weight is 491 g/mol. The number of benzene rings is 3. The molecule has 0 atom stereocenters. The molecule has 1 fully saturated rings. The maximum Gasteiger partial charge on any atom is 0.0900 e. The van der Waals surface area contributed by atoms with Gasteiger partial charge in [-0.15, -0.1) is 0 Å². The number of aromatic nitrogens is 3. The molecule has 1 aromatic heterocycles. The number of aryl methyl sites for hydroxylation is 1. The first-order chi connectivity index (χ1) is 18.2. The molecule has 6 rings (SSSR count). The van der Waals surface area contributed by atoms with Crippen LogP contribution in [0.15, 0.2) is 90.2 Å². The van der Waals surface area contributed by atoms with Gasteiger partial charge in [-0.1, -0.05) is 29.8 Å². The van der Waals surface area contributed by atoms with E-state index < -0.39 is 0 Å². The number of hydrogen-bond donors (Lipinski definition) is 1. The summed E-state index contributed by atoms with van der Waals surface area (Å²) in [5.74, 6) is 0. The van der Waals surface area contributed by atoms with Crippen LogP contribution in [0.25, 0.3) is 28.1 Å². The first-order valence-corrected chi connectivity index (χ1v) is 12.7. The van der Waals surface area contributed by atoms with E-state index >= 15 is 0 Å². The van der Waals surface area contributed by atoms with Crippen molar-refractivity contribution in [2.24, 2.45) is 4.99 Å². The van der Waals surface area contributed by atoms with Gasteiger partial charge in [0.2, 0.25) is 0 Å². The Morgan fingerprint density at radius 1 is 0.973 bits per heavy atom. The SMILES string of the molecule is Cc1ccc(-n2c3cc(=NCCN4CCOCC4)c(Nc4cccnc4)cc-3nc3ccccc32)cc1. The van der Waals surface area contributed by atoms with Crippen molar-refractivity contribution in [1.29, 1.82) is 0 Å². The molecule has 1 aliphatic carbocycles. The van der Waals surface area contributed by atoms with Crippen LogP contribution in [0, 0.1) is 6.92 Å². The van der Waals surface area contributed by atoms with Crippen LogP contribution in [-0.4, -0.2) is 58.8 Å². The molecule has 3 aliphatic rings. The minimum absolute atomic E-state index is 0.707. The number of nitrogens with one attached hydrogen (secondary N) is 1. The van der Waals surface area contributed by atoms with Crippen LogP contribution in [0.3, 0.4) is 0 Å². The number of anilines is 2. The molecule has 0 amide bonds. The van der Waals surface area contributed by atoms with Crippen molar-refractivity contribution in [1.82, 2.24) is 19.4 Å². The van der Waals surface area contributed by atoms with Gasteiger partial charge in [0, 0.05) is 31.5 Å². The highest BCUT2D eigenvalue weighted by Gasteiger charge is 2.17. The van der Waals surface area contributed by atoms with Crippen molar-refractivity contribution < 1.29 is 4.74 Å². The van der Waals surface area contributed by atoms with E-state index in [4.69, 9.17) is 14.7 Å². The molecule has 0 radical (unpaired) electrons. The minimum atomic E-state index is 0.707. The number of nitrogens with zero attached hydrogens (tertiary/aromatic N) is 5. The Bertz CT molecular complexity index is 1540. The van der Waals surface area contributed by atoms with Crippen molar-refractivity contribution in [3.05, 3.63) is 96.1 Å². The average Bonchev–Trinajstić information content (AvgIpc) is 2.94. The number of fused-ring (bicyclic) bond motifs is 2. The van der Waals surface area contributed by atoms with Crippen molar-refractivity contribution >= 4 is 22.4 Å². The minimum Gasteiger partial charge on any atom is -0.379 e. The molecule has 1 N–H and O–H groups in total. The molecule has 1 saturated heterocycles. The van der Waals surface area contributed by atoms with E-state index in [1.165, 1.54) is 5.56 Å². The number of pyridine rings is 1. The monoisotopic (exact) mass is 490 g/mol. The number of morpholine rings is 1. The van der Waals surface area contributed by atoms with Gasteiger partial charge in [0.15, 0.2) is 0 Å². The van der Waals surface area contributed by atoms with E-state index in [-0.39, 0.29) is 0 Å². The van der Waals surface area contributed by atoms with Gasteiger partial charge in [-0.3, -0.25) is 14.9 Å². The van der Waals surface area contributed by atoms with Gasteiger partial charge in [-0.2, -0.15) is 0 Å². The van der Waals surface area contributed by atoms with E-state index in [0.29, 0.717) is 6.54 Å². The van der Waals surface area contributed by atoms with Gasteiger partial charge in [0.25, 0.3) is 0 Å². The molecule has 7 nitrogen and oxygen atoms in total. The molecule has 0 bridgehead atoms. The lowest BCUT2D eigenvalue weighted by molar-refractivity contribution is 0.0394. The molecular formula is C30H30N6O. The summed E-state index contributed by atoms with van der Waals surface area (Å²) in [6.45, 7) is 7.21. The zero-order valence-electron chi connectivity index (χ0n) is 21.0. The Balaban J connectivity index is 1.52. The van der Waals surface area contributed by atoms with Crippen LogP contribution in [-0.2, 0) is 4.74 Å². The van der Waals surface area contributed by atoms with Gasteiger partial charge >= 0.3 is 0 Å². The second-order valence-corrected chi connectivity index (χ2v) is 9.33.